The molecular formula is C24H27N3O3. The number of hydrogen-bond acceptors (Lipinski definition) is 4. The lowest BCUT2D eigenvalue weighted by Gasteiger charge is -2.33. The Morgan fingerprint density at radius 1 is 1.00 bits per heavy atom. The number of pyridine rings is 1. The largest absolute Gasteiger partial charge is 0.339 e. The summed E-state index contributed by atoms with van der Waals surface area (Å²) >= 11 is 0. The number of rotatable bonds is 5. The number of likely N-dealkylation sites (tertiary alicyclic amines) is 1. The van der Waals surface area contributed by atoms with Crippen LogP contribution < -0.4 is 5.48 Å². The fraction of sp³-hybridized carbons (Fsp3) is 0.292. The predicted octanol–water partition coefficient (Wildman–Crippen LogP) is 3.64. The Morgan fingerprint density at radius 2 is 1.57 bits per heavy atom. The summed E-state index contributed by atoms with van der Waals surface area (Å²) in [5.74, 6) is -0.143. The smallest absolute Gasteiger partial charge is 0.267 e. The van der Waals surface area contributed by atoms with E-state index in [-0.39, 0.29) is 5.91 Å². The molecule has 1 aromatic heterocycles. The van der Waals surface area contributed by atoms with Crippen LogP contribution in [0.25, 0.3) is 12.2 Å². The van der Waals surface area contributed by atoms with Crippen LogP contribution in [0, 0.1) is 13.8 Å². The Balaban J connectivity index is 1.59. The van der Waals surface area contributed by atoms with Crippen LogP contribution in [-0.2, 0) is 9.59 Å². The third-order valence-corrected chi connectivity index (χ3v) is 5.46. The molecule has 6 nitrogen and oxygen atoms in total. The first kappa shape index (κ1) is 21.5. The summed E-state index contributed by atoms with van der Waals surface area (Å²) in [5, 5.41) is 8.52. The monoisotopic (exact) mass is 405 g/mol. The molecule has 6 heteroatoms. The second-order valence-corrected chi connectivity index (χ2v) is 7.54. The van der Waals surface area contributed by atoms with Crippen LogP contribution in [-0.4, -0.2) is 40.0 Å². The van der Waals surface area contributed by atoms with E-state index >= 15 is 0 Å². The topological polar surface area (TPSA) is 82.5 Å². The second-order valence-electron chi connectivity index (χ2n) is 7.54. The number of hydroxylamine groups is 1. The summed E-state index contributed by atoms with van der Waals surface area (Å²) in [4.78, 5) is 29.9. The zero-order valence-corrected chi connectivity index (χ0v) is 17.3. The van der Waals surface area contributed by atoms with E-state index in [1.807, 2.05) is 4.90 Å². The highest BCUT2D eigenvalue weighted by Crippen LogP contribution is 2.32. The van der Waals surface area contributed by atoms with Crippen LogP contribution in [0.2, 0.25) is 0 Å². The van der Waals surface area contributed by atoms with Crippen LogP contribution in [0.1, 0.15) is 46.8 Å². The van der Waals surface area contributed by atoms with E-state index in [0.29, 0.717) is 17.3 Å². The van der Waals surface area contributed by atoms with Gasteiger partial charge in [-0.3, -0.25) is 14.8 Å². The maximum atomic E-state index is 12.6. The van der Waals surface area contributed by atoms with E-state index in [2.05, 4.69) is 37.0 Å². The second kappa shape index (κ2) is 9.98. The van der Waals surface area contributed by atoms with Gasteiger partial charge in [0.05, 0.1) is 11.4 Å². The van der Waals surface area contributed by atoms with Crippen LogP contribution in [0.4, 0.5) is 0 Å². The Hall–Kier alpha value is -3.25. The van der Waals surface area contributed by atoms with Crippen molar-refractivity contribution in [3.63, 3.8) is 0 Å². The fourth-order valence-electron chi connectivity index (χ4n) is 3.97. The number of aryl methyl sites for hydroxylation is 2. The van der Waals surface area contributed by atoms with Crippen molar-refractivity contribution in [2.75, 3.05) is 13.1 Å². The molecule has 2 N–H and O–H groups in total. The molecule has 3 rings (SSSR count). The number of nitrogens with zero attached hydrogens (tertiary/aromatic N) is 2. The van der Waals surface area contributed by atoms with Gasteiger partial charge in [-0.2, -0.15) is 0 Å². The molecule has 2 heterocycles. The minimum atomic E-state index is -0.628. The van der Waals surface area contributed by atoms with Gasteiger partial charge in [0.1, 0.15) is 0 Å². The van der Waals surface area contributed by atoms with E-state index in [4.69, 9.17) is 5.21 Å². The van der Waals surface area contributed by atoms with Crippen LogP contribution in [0.3, 0.4) is 0 Å². The van der Waals surface area contributed by atoms with Gasteiger partial charge in [0, 0.05) is 25.2 Å². The van der Waals surface area contributed by atoms with E-state index < -0.39 is 5.91 Å². The minimum Gasteiger partial charge on any atom is -0.339 e. The van der Waals surface area contributed by atoms with Gasteiger partial charge in [0.25, 0.3) is 5.91 Å². The molecule has 30 heavy (non-hydrogen) atoms. The van der Waals surface area contributed by atoms with Gasteiger partial charge in [-0.05, 0) is 73.6 Å². The Morgan fingerprint density at radius 3 is 2.17 bits per heavy atom. The first-order valence-electron chi connectivity index (χ1n) is 10.1. The lowest BCUT2D eigenvalue weighted by atomic mass is 9.84. The molecule has 1 saturated heterocycles. The highest BCUT2D eigenvalue weighted by Gasteiger charge is 2.24. The van der Waals surface area contributed by atoms with Crippen molar-refractivity contribution in [1.82, 2.24) is 15.4 Å². The van der Waals surface area contributed by atoms with Crippen molar-refractivity contribution in [3.05, 3.63) is 76.6 Å². The fourth-order valence-corrected chi connectivity index (χ4v) is 3.97. The molecule has 0 radical (unpaired) electrons. The third kappa shape index (κ3) is 5.42. The number of nitrogens with one attached hydrogen (secondary N) is 1. The Labute approximate surface area is 176 Å². The zero-order valence-electron chi connectivity index (χ0n) is 17.3. The SMILES string of the molecule is Cc1cccc(C)c1C1CCN(C(=O)C=Cc2cccc(C=CC(=O)NO)n2)CC1. The number of hydrogen-bond donors (Lipinski definition) is 2. The molecule has 0 saturated carbocycles. The predicted molar refractivity (Wildman–Crippen MR) is 117 cm³/mol. The van der Waals surface area contributed by atoms with Gasteiger partial charge < -0.3 is 4.90 Å². The summed E-state index contributed by atoms with van der Waals surface area (Å²) in [6.45, 7) is 5.81. The Kier molecular flexibility index (Phi) is 7.14. The van der Waals surface area contributed by atoms with Crippen molar-refractivity contribution in [3.8, 4) is 0 Å². The van der Waals surface area contributed by atoms with E-state index in [9.17, 15) is 9.59 Å². The van der Waals surface area contributed by atoms with Crippen molar-refractivity contribution >= 4 is 24.0 Å². The number of amides is 2. The van der Waals surface area contributed by atoms with E-state index in [1.54, 1.807) is 30.4 Å². The van der Waals surface area contributed by atoms with Crippen LogP contribution in [0.5, 0.6) is 0 Å². The first-order chi connectivity index (χ1) is 14.5. The maximum absolute atomic E-state index is 12.6. The molecule has 1 aliphatic rings. The van der Waals surface area contributed by atoms with Crippen molar-refractivity contribution in [1.29, 1.82) is 0 Å². The average molecular weight is 405 g/mol. The van der Waals surface area contributed by atoms with Crippen LogP contribution in [0.15, 0.2) is 48.6 Å². The summed E-state index contributed by atoms with van der Waals surface area (Å²) < 4.78 is 0. The third-order valence-electron chi connectivity index (χ3n) is 5.46. The number of carbonyl (C=O) groups is 2. The zero-order chi connectivity index (χ0) is 21.5. The van der Waals surface area contributed by atoms with Gasteiger partial charge in [-0.15, -0.1) is 0 Å². The average Bonchev–Trinajstić information content (AvgIpc) is 2.76. The normalized spacial score (nSPS) is 15.1. The molecule has 1 aliphatic heterocycles. The van der Waals surface area contributed by atoms with E-state index in [0.717, 1.165) is 25.9 Å². The molecule has 0 bridgehead atoms. The molecule has 2 aromatic rings. The summed E-state index contributed by atoms with van der Waals surface area (Å²) in [5.41, 5.74) is 6.81. The molecule has 156 valence electrons. The summed E-state index contributed by atoms with van der Waals surface area (Å²) in [6, 6.07) is 11.7. The van der Waals surface area contributed by atoms with Gasteiger partial charge in [0.2, 0.25) is 5.91 Å². The standard InChI is InChI=1S/C24H27N3O3/c1-17-5-3-6-18(2)24(17)19-13-15-27(16-14-19)23(29)12-10-21-8-4-7-20(25-21)9-11-22(28)26-30/h3-12,19,30H,13-16H2,1-2H3,(H,26,28). The van der Waals surface area contributed by atoms with Crippen LogP contribution >= 0.6 is 0 Å². The molecule has 0 aliphatic carbocycles. The molecule has 1 aromatic carbocycles. The summed E-state index contributed by atoms with van der Waals surface area (Å²) in [7, 11) is 0. The molecule has 0 spiro atoms. The maximum Gasteiger partial charge on any atom is 0.267 e. The lowest BCUT2D eigenvalue weighted by Crippen LogP contribution is -2.37. The Bertz CT molecular complexity index is 953. The number of aromatic nitrogens is 1. The quantitative estimate of drug-likeness (QED) is 0.452. The first-order valence-corrected chi connectivity index (χ1v) is 10.1. The molecule has 0 unspecified atom stereocenters. The highest BCUT2D eigenvalue weighted by atomic mass is 16.5. The minimum absolute atomic E-state index is 0.0163. The number of carbonyl (C=O) groups excluding carboxylic acids is 2. The summed E-state index contributed by atoms with van der Waals surface area (Å²) in [6.07, 6.45) is 7.84. The van der Waals surface area contributed by atoms with Gasteiger partial charge in [-0.1, -0.05) is 24.3 Å². The molecular weight excluding hydrogens is 378 g/mol. The number of piperidine rings is 1. The van der Waals surface area contributed by atoms with Crippen molar-refractivity contribution in [2.24, 2.45) is 0 Å². The van der Waals surface area contributed by atoms with Gasteiger partial charge in [-0.25, -0.2) is 10.5 Å². The molecule has 2 amide bonds. The number of benzene rings is 1. The van der Waals surface area contributed by atoms with E-state index in [1.165, 1.54) is 34.3 Å². The van der Waals surface area contributed by atoms with Crippen molar-refractivity contribution < 1.29 is 14.8 Å². The molecule has 0 atom stereocenters. The molecule has 1 fully saturated rings. The van der Waals surface area contributed by atoms with Gasteiger partial charge >= 0.3 is 0 Å². The lowest BCUT2D eigenvalue weighted by molar-refractivity contribution is -0.127. The van der Waals surface area contributed by atoms with Gasteiger partial charge in [0.15, 0.2) is 0 Å². The van der Waals surface area contributed by atoms with Crippen molar-refractivity contribution in [2.45, 2.75) is 32.6 Å². The highest BCUT2D eigenvalue weighted by molar-refractivity contribution is 5.92.